The van der Waals surface area contributed by atoms with Gasteiger partial charge in [0.2, 0.25) is 0 Å². The molecular formula is C11H23NO2S. The van der Waals surface area contributed by atoms with Crippen molar-refractivity contribution in [2.45, 2.75) is 45.1 Å². The van der Waals surface area contributed by atoms with E-state index in [0.29, 0.717) is 6.54 Å². The summed E-state index contributed by atoms with van der Waals surface area (Å²) in [4.78, 5) is 11.2. The second kappa shape index (κ2) is 7.99. The first-order chi connectivity index (χ1) is 6.98. The third-order valence-electron chi connectivity index (χ3n) is 2.12. The molecule has 90 valence electrons. The lowest BCUT2D eigenvalue weighted by Crippen LogP contribution is -2.42. The van der Waals surface area contributed by atoms with Crippen molar-refractivity contribution in [2.75, 3.05) is 18.6 Å². The number of unbranched alkanes of at least 4 members (excludes halogenated alkanes) is 3. The minimum atomic E-state index is -1.25. The number of nitrogens with one attached hydrogen (secondary N) is 1. The van der Waals surface area contributed by atoms with Gasteiger partial charge in [-0.05, 0) is 38.7 Å². The van der Waals surface area contributed by atoms with E-state index in [0.717, 1.165) is 12.8 Å². The molecule has 0 spiro atoms. The summed E-state index contributed by atoms with van der Waals surface area (Å²) < 4.78 is 0. The Morgan fingerprint density at radius 3 is 2.40 bits per heavy atom. The van der Waals surface area contributed by atoms with Gasteiger partial charge in [0.25, 0.3) is 5.91 Å². The van der Waals surface area contributed by atoms with Crippen molar-refractivity contribution >= 4 is 17.7 Å². The molecular weight excluding hydrogens is 210 g/mol. The maximum Gasteiger partial charge on any atom is 0.251 e. The van der Waals surface area contributed by atoms with Crippen LogP contribution in [0.1, 0.15) is 39.5 Å². The largest absolute Gasteiger partial charge is 0.381 e. The van der Waals surface area contributed by atoms with Gasteiger partial charge in [-0.15, -0.1) is 0 Å². The molecule has 0 atom stereocenters. The SMILES string of the molecule is CSCCCCCCNC(=O)C(C)(C)O. The molecule has 1 amide bonds. The van der Waals surface area contributed by atoms with Gasteiger partial charge in [0, 0.05) is 6.54 Å². The van der Waals surface area contributed by atoms with Crippen LogP contribution in [-0.4, -0.2) is 35.2 Å². The van der Waals surface area contributed by atoms with Gasteiger partial charge in [0.1, 0.15) is 5.60 Å². The monoisotopic (exact) mass is 233 g/mol. The molecule has 0 unspecified atom stereocenters. The Morgan fingerprint density at radius 1 is 1.27 bits per heavy atom. The van der Waals surface area contributed by atoms with E-state index >= 15 is 0 Å². The highest BCUT2D eigenvalue weighted by Crippen LogP contribution is 2.04. The molecule has 0 aromatic carbocycles. The number of thioether (sulfide) groups is 1. The average Bonchev–Trinajstić information content (AvgIpc) is 2.14. The molecule has 2 N–H and O–H groups in total. The highest BCUT2D eigenvalue weighted by molar-refractivity contribution is 7.98. The lowest BCUT2D eigenvalue weighted by atomic mass is 10.1. The fraction of sp³-hybridized carbons (Fsp3) is 0.909. The molecule has 0 aliphatic rings. The van der Waals surface area contributed by atoms with E-state index in [4.69, 9.17) is 0 Å². The van der Waals surface area contributed by atoms with Gasteiger partial charge in [-0.2, -0.15) is 11.8 Å². The zero-order valence-electron chi connectivity index (χ0n) is 10.0. The van der Waals surface area contributed by atoms with Crippen molar-refractivity contribution in [3.05, 3.63) is 0 Å². The zero-order valence-corrected chi connectivity index (χ0v) is 10.8. The number of amides is 1. The fourth-order valence-electron chi connectivity index (χ4n) is 1.14. The number of rotatable bonds is 8. The molecule has 0 heterocycles. The highest BCUT2D eigenvalue weighted by atomic mass is 32.2. The van der Waals surface area contributed by atoms with E-state index < -0.39 is 5.60 Å². The van der Waals surface area contributed by atoms with Crippen molar-refractivity contribution < 1.29 is 9.90 Å². The Kier molecular flexibility index (Phi) is 7.88. The van der Waals surface area contributed by atoms with Crippen molar-refractivity contribution in [1.29, 1.82) is 0 Å². The molecule has 15 heavy (non-hydrogen) atoms. The molecule has 0 aliphatic heterocycles. The Morgan fingerprint density at radius 2 is 1.87 bits per heavy atom. The number of carbonyl (C=O) groups excluding carboxylic acids is 1. The van der Waals surface area contributed by atoms with E-state index in [9.17, 15) is 9.90 Å². The van der Waals surface area contributed by atoms with E-state index in [1.54, 1.807) is 0 Å². The summed E-state index contributed by atoms with van der Waals surface area (Å²) in [5, 5.41) is 12.1. The first-order valence-electron chi connectivity index (χ1n) is 5.48. The first kappa shape index (κ1) is 14.8. The second-order valence-electron chi connectivity index (χ2n) is 4.22. The molecule has 0 rings (SSSR count). The molecule has 0 aromatic heterocycles. The standard InChI is InChI=1S/C11H23NO2S/c1-11(2,14)10(13)12-8-6-4-5-7-9-15-3/h14H,4-9H2,1-3H3,(H,12,13). The fourth-order valence-corrected chi connectivity index (χ4v) is 1.64. The van der Waals surface area contributed by atoms with Gasteiger partial charge >= 0.3 is 0 Å². The first-order valence-corrected chi connectivity index (χ1v) is 6.87. The van der Waals surface area contributed by atoms with Gasteiger partial charge < -0.3 is 10.4 Å². The van der Waals surface area contributed by atoms with Gasteiger partial charge in [0.15, 0.2) is 0 Å². The molecule has 4 heteroatoms. The lowest BCUT2D eigenvalue weighted by molar-refractivity contribution is -0.136. The summed E-state index contributed by atoms with van der Waals surface area (Å²) in [6.45, 7) is 3.67. The number of carbonyl (C=O) groups is 1. The lowest BCUT2D eigenvalue weighted by Gasteiger charge is -2.16. The van der Waals surface area contributed by atoms with Crippen LogP contribution in [0.5, 0.6) is 0 Å². The number of aliphatic hydroxyl groups is 1. The quantitative estimate of drug-likeness (QED) is 0.629. The van der Waals surface area contributed by atoms with Crippen molar-refractivity contribution in [3.63, 3.8) is 0 Å². The smallest absolute Gasteiger partial charge is 0.251 e. The summed E-state index contributed by atoms with van der Waals surface area (Å²) in [5.74, 6) is 0.933. The third-order valence-corrected chi connectivity index (χ3v) is 2.81. The number of hydrogen-bond acceptors (Lipinski definition) is 3. The van der Waals surface area contributed by atoms with Crippen LogP contribution in [0.2, 0.25) is 0 Å². The minimum Gasteiger partial charge on any atom is -0.381 e. The Hall–Kier alpha value is -0.220. The van der Waals surface area contributed by atoms with Crippen LogP contribution in [0.25, 0.3) is 0 Å². The van der Waals surface area contributed by atoms with Gasteiger partial charge in [-0.3, -0.25) is 4.79 Å². The van der Waals surface area contributed by atoms with Gasteiger partial charge in [-0.25, -0.2) is 0 Å². The van der Waals surface area contributed by atoms with Crippen LogP contribution in [0.3, 0.4) is 0 Å². The van der Waals surface area contributed by atoms with E-state index in [2.05, 4.69) is 11.6 Å². The second-order valence-corrected chi connectivity index (χ2v) is 5.21. The predicted octanol–water partition coefficient (Wildman–Crippen LogP) is 1.80. The van der Waals surface area contributed by atoms with E-state index in [1.807, 2.05) is 11.8 Å². The Balaban J connectivity index is 3.28. The van der Waals surface area contributed by atoms with Crippen molar-refractivity contribution in [2.24, 2.45) is 0 Å². The van der Waals surface area contributed by atoms with E-state index in [1.165, 1.54) is 32.4 Å². The van der Waals surface area contributed by atoms with Crippen molar-refractivity contribution in [3.8, 4) is 0 Å². The summed E-state index contributed by atoms with van der Waals surface area (Å²) in [6, 6.07) is 0. The average molecular weight is 233 g/mol. The maximum atomic E-state index is 11.2. The van der Waals surface area contributed by atoms with Crippen LogP contribution in [-0.2, 0) is 4.79 Å². The summed E-state index contributed by atoms with van der Waals surface area (Å²) in [5.41, 5.74) is -1.25. The molecule has 0 saturated heterocycles. The topological polar surface area (TPSA) is 49.3 Å². The summed E-state index contributed by atoms with van der Waals surface area (Å²) in [7, 11) is 0. The zero-order chi connectivity index (χ0) is 11.7. The summed E-state index contributed by atoms with van der Waals surface area (Å²) >= 11 is 1.87. The number of hydrogen-bond donors (Lipinski definition) is 2. The molecule has 0 bridgehead atoms. The van der Waals surface area contributed by atoms with Gasteiger partial charge in [0.05, 0.1) is 0 Å². The summed E-state index contributed by atoms with van der Waals surface area (Å²) in [6.07, 6.45) is 6.73. The van der Waals surface area contributed by atoms with Crippen LogP contribution in [0.4, 0.5) is 0 Å². The predicted molar refractivity (Wildman–Crippen MR) is 66.2 cm³/mol. The molecule has 3 nitrogen and oxygen atoms in total. The minimum absolute atomic E-state index is 0.286. The molecule has 0 fully saturated rings. The Labute approximate surface area is 97.0 Å². The Bertz CT molecular complexity index is 178. The van der Waals surface area contributed by atoms with Crippen LogP contribution in [0.15, 0.2) is 0 Å². The van der Waals surface area contributed by atoms with E-state index in [-0.39, 0.29) is 5.91 Å². The maximum absolute atomic E-state index is 11.2. The van der Waals surface area contributed by atoms with Crippen molar-refractivity contribution in [1.82, 2.24) is 5.32 Å². The molecule has 0 aliphatic carbocycles. The third kappa shape index (κ3) is 8.75. The highest BCUT2D eigenvalue weighted by Gasteiger charge is 2.22. The molecule has 0 aromatic rings. The van der Waals surface area contributed by atoms with Crippen LogP contribution < -0.4 is 5.32 Å². The van der Waals surface area contributed by atoms with Crippen LogP contribution >= 0.6 is 11.8 Å². The molecule has 0 radical (unpaired) electrons. The normalized spacial score (nSPS) is 11.5. The molecule has 0 saturated carbocycles. The van der Waals surface area contributed by atoms with Crippen LogP contribution in [0, 0.1) is 0 Å². The van der Waals surface area contributed by atoms with Gasteiger partial charge in [-0.1, -0.05) is 12.8 Å².